The molecule has 0 aromatic heterocycles. The quantitative estimate of drug-likeness (QED) is 0.684. The molecule has 3 fully saturated rings. The van der Waals surface area contributed by atoms with Gasteiger partial charge >= 0.3 is 35.3 Å². The molecule has 1 unspecified atom stereocenters. The van der Waals surface area contributed by atoms with Crippen molar-refractivity contribution in [2.24, 2.45) is 23.3 Å². The van der Waals surface area contributed by atoms with Gasteiger partial charge < -0.3 is 11.5 Å². The van der Waals surface area contributed by atoms with Crippen molar-refractivity contribution >= 4 is 18.8 Å². The van der Waals surface area contributed by atoms with E-state index in [4.69, 9.17) is 30.3 Å². The number of hydrogen-bond donors (Lipinski definition) is 2. The van der Waals surface area contributed by atoms with E-state index < -0.39 is 16.5 Å². The first-order chi connectivity index (χ1) is 6.66. The summed E-state index contributed by atoms with van der Waals surface area (Å²) >= 11 is -0.472. The van der Waals surface area contributed by atoms with Gasteiger partial charge in [-0.25, -0.2) is 0 Å². The van der Waals surface area contributed by atoms with Gasteiger partial charge in [0, 0.05) is 12.1 Å². The van der Waals surface area contributed by atoms with E-state index in [1.54, 1.807) is 0 Å². The minimum absolute atomic E-state index is 0.0150. The van der Waals surface area contributed by atoms with Crippen LogP contribution in [-0.4, -0.2) is 12.1 Å². The van der Waals surface area contributed by atoms with E-state index in [0.29, 0.717) is 6.54 Å². The SMILES string of the molecule is NCC1(N)C[C@H]2CC[C@@H]1CC2.[Cl][Pt][Cl]. The second-order valence-electron chi connectivity index (χ2n) is 4.40. The Hall–Kier alpha value is 1.19. The van der Waals surface area contributed by atoms with Crippen LogP contribution in [0.1, 0.15) is 32.1 Å². The van der Waals surface area contributed by atoms with Gasteiger partial charge in [0.1, 0.15) is 0 Å². The summed E-state index contributed by atoms with van der Waals surface area (Å²) in [7, 11) is 9.75. The minimum atomic E-state index is -0.472. The summed E-state index contributed by atoms with van der Waals surface area (Å²) in [4.78, 5) is 0. The fourth-order valence-corrected chi connectivity index (χ4v) is 2.90. The molecule has 0 aromatic carbocycles. The summed E-state index contributed by atoms with van der Waals surface area (Å²) < 4.78 is 0. The predicted octanol–water partition coefficient (Wildman–Crippen LogP) is 2.23. The number of rotatable bonds is 1. The Kier molecular flexibility index (Phi) is 5.73. The van der Waals surface area contributed by atoms with Gasteiger partial charge in [-0.3, -0.25) is 0 Å². The van der Waals surface area contributed by atoms with Crippen LogP contribution in [0, 0.1) is 11.8 Å². The van der Waals surface area contributed by atoms with Crippen LogP contribution in [0.25, 0.3) is 0 Å². The molecule has 3 aliphatic rings. The van der Waals surface area contributed by atoms with Gasteiger partial charge in [0.25, 0.3) is 0 Å². The molecule has 0 saturated heterocycles. The normalized spacial score (nSPS) is 40.6. The fraction of sp³-hybridized carbons (Fsp3) is 1.00. The molecule has 4 N–H and O–H groups in total. The van der Waals surface area contributed by atoms with E-state index in [-0.39, 0.29) is 5.54 Å². The van der Waals surface area contributed by atoms with Crippen molar-refractivity contribution in [2.75, 3.05) is 6.54 Å². The number of nitrogens with two attached hydrogens (primary N) is 2. The molecule has 0 radical (unpaired) electrons. The first-order valence-electron chi connectivity index (χ1n) is 4.97. The first kappa shape index (κ1) is 13.3. The van der Waals surface area contributed by atoms with Crippen molar-refractivity contribution in [3.05, 3.63) is 0 Å². The molecule has 2 bridgehead atoms. The van der Waals surface area contributed by atoms with Gasteiger partial charge in [0.2, 0.25) is 0 Å². The molecule has 14 heavy (non-hydrogen) atoms. The second-order valence-corrected chi connectivity index (χ2v) is 7.69. The zero-order valence-corrected chi connectivity index (χ0v) is 11.9. The van der Waals surface area contributed by atoms with Crippen LogP contribution in [0.4, 0.5) is 0 Å². The molecule has 5 heteroatoms. The van der Waals surface area contributed by atoms with E-state index in [0.717, 1.165) is 11.8 Å². The van der Waals surface area contributed by atoms with Gasteiger partial charge in [-0.1, -0.05) is 12.8 Å². The van der Waals surface area contributed by atoms with Crippen molar-refractivity contribution in [3.63, 3.8) is 0 Å². The zero-order valence-electron chi connectivity index (χ0n) is 8.12. The molecular formula is C9H18Cl2N2Pt. The molecule has 0 aromatic rings. The van der Waals surface area contributed by atoms with Gasteiger partial charge in [0.05, 0.1) is 0 Å². The monoisotopic (exact) mass is 419 g/mol. The van der Waals surface area contributed by atoms with Crippen molar-refractivity contribution in [3.8, 4) is 0 Å². The number of fused-ring (bicyclic) bond motifs is 3. The third kappa shape index (κ3) is 3.09. The Labute approximate surface area is 102 Å². The van der Waals surface area contributed by atoms with Gasteiger partial charge in [-0.15, -0.1) is 0 Å². The van der Waals surface area contributed by atoms with Crippen LogP contribution in [-0.2, 0) is 16.5 Å². The molecule has 3 rings (SSSR count). The summed E-state index contributed by atoms with van der Waals surface area (Å²) in [5.74, 6) is 1.63. The standard InChI is InChI=1S/C9H18N2.2ClH.Pt/c10-6-9(11)5-7-1-3-8(9)4-2-7;;;/h7-8H,1-6,10-11H2;2*1H;/q;;;+2/p-2/t7-,8+,9?;;;. The Bertz CT molecular complexity index is 174. The van der Waals surface area contributed by atoms with Crippen LogP contribution >= 0.6 is 18.8 Å². The average Bonchev–Trinajstić information content (AvgIpc) is 2.20. The Balaban J connectivity index is 0.000000293. The van der Waals surface area contributed by atoms with Crippen molar-refractivity contribution < 1.29 is 16.5 Å². The molecule has 3 saturated carbocycles. The van der Waals surface area contributed by atoms with Crippen LogP contribution < -0.4 is 11.5 Å². The maximum absolute atomic E-state index is 6.22. The zero-order chi connectivity index (χ0) is 10.6. The van der Waals surface area contributed by atoms with E-state index in [1.165, 1.54) is 32.1 Å². The molecule has 0 spiro atoms. The molecule has 2 nitrogen and oxygen atoms in total. The molecule has 1 atom stereocenters. The van der Waals surface area contributed by atoms with Crippen molar-refractivity contribution in [1.82, 2.24) is 0 Å². The average molecular weight is 420 g/mol. The molecule has 0 heterocycles. The third-order valence-corrected chi connectivity index (χ3v) is 3.71. The molecular weight excluding hydrogens is 402 g/mol. The second kappa shape index (κ2) is 6.05. The summed E-state index contributed by atoms with van der Waals surface area (Å²) in [6.45, 7) is 0.689. The van der Waals surface area contributed by atoms with Crippen molar-refractivity contribution in [2.45, 2.75) is 37.6 Å². The maximum atomic E-state index is 6.22. The van der Waals surface area contributed by atoms with E-state index in [1.807, 2.05) is 0 Å². The third-order valence-electron chi connectivity index (χ3n) is 3.71. The summed E-state index contributed by atoms with van der Waals surface area (Å²) in [5.41, 5.74) is 11.9. The van der Waals surface area contributed by atoms with Gasteiger partial charge in [0.15, 0.2) is 0 Å². The Morgan fingerprint density at radius 2 is 1.71 bits per heavy atom. The van der Waals surface area contributed by atoms with Crippen LogP contribution in [0.5, 0.6) is 0 Å². The molecule has 0 amide bonds. The summed E-state index contributed by atoms with van der Waals surface area (Å²) in [6.07, 6.45) is 6.66. The molecule has 3 aliphatic carbocycles. The van der Waals surface area contributed by atoms with E-state index >= 15 is 0 Å². The molecule has 88 valence electrons. The summed E-state index contributed by atoms with van der Waals surface area (Å²) in [6, 6.07) is 0. The van der Waals surface area contributed by atoms with Crippen LogP contribution in [0.3, 0.4) is 0 Å². The topological polar surface area (TPSA) is 52.0 Å². The van der Waals surface area contributed by atoms with E-state index in [2.05, 4.69) is 0 Å². The van der Waals surface area contributed by atoms with Gasteiger partial charge in [-0.2, -0.15) is 0 Å². The predicted molar refractivity (Wildman–Crippen MR) is 57.7 cm³/mol. The summed E-state index contributed by atoms with van der Waals surface area (Å²) in [5, 5.41) is 0. The number of halogens is 2. The van der Waals surface area contributed by atoms with E-state index in [9.17, 15) is 0 Å². The van der Waals surface area contributed by atoms with Crippen molar-refractivity contribution in [1.29, 1.82) is 0 Å². The molecule has 0 aliphatic heterocycles. The van der Waals surface area contributed by atoms with Crippen LogP contribution in [0.15, 0.2) is 0 Å². The Morgan fingerprint density at radius 3 is 1.93 bits per heavy atom. The first-order valence-corrected chi connectivity index (χ1v) is 10.6. The van der Waals surface area contributed by atoms with Crippen LogP contribution in [0.2, 0.25) is 0 Å². The van der Waals surface area contributed by atoms with Gasteiger partial charge in [-0.05, 0) is 31.1 Å². The number of hydrogen-bond acceptors (Lipinski definition) is 2. The fourth-order valence-electron chi connectivity index (χ4n) is 2.90. The Morgan fingerprint density at radius 1 is 1.21 bits per heavy atom.